The Hall–Kier alpha value is -1.33. The van der Waals surface area contributed by atoms with Crippen LogP contribution in [0.2, 0.25) is 0 Å². The van der Waals surface area contributed by atoms with Gasteiger partial charge in [-0.15, -0.1) is 11.6 Å². The van der Waals surface area contributed by atoms with E-state index in [0.717, 1.165) is 10.0 Å². The monoisotopic (exact) mass is 376 g/mol. The van der Waals surface area contributed by atoms with E-state index in [0.29, 0.717) is 11.3 Å². The first-order chi connectivity index (χ1) is 10.0. The van der Waals surface area contributed by atoms with Crippen molar-refractivity contribution in [3.63, 3.8) is 0 Å². The van der Waals surface area contributed by atoms with Crippen LogP contribution < -0.4 is 9.47 Å². The molecular formula is C15H12BrClF2O2. The molecule has 0 aliphatic heterocycles. The van der Waals surface area contributed by atoms with Crippen molar-refractivity contribution < 1.29 is 18.3 Å². The summed E-state index contributed by atoms with van der Waals surface area (Å²) in [5.41, 5.74) is 1.48. The first-order valence-corrected chi connectivity index (χ1v) is 7.26. The maximum absolute atomic E-state index is 12.2. The van der Waals surface area contributed by atoms with Crippen LogP contribution in [0.25, 0.3) is 0 Å². The molecule has 0 amide bonds. The average Bonchev–Trinajstić information content (AvgIpc) is 2.46. The molecule has 2 aromatic carbocycles. The maximum atomic E-state index is 12.2. The third-order valence-corrected chi connectivity index (χ3v) is 4.03. The van der Waals surface area contributed by atoms with Crippen molar-refractivity contribution in [2.24, 2.45) is 0 Å². The van der Waals surface area contributed by atoms with Gasteiger partial charge in [-0.2, -0.15) is 8.78 Å². The summed E-state index contributed by atoms with van der Waals surface area (Å²) in [4.78, 5) is 0. The Bertz CT molecular complexity index is 622. The van der Waals surface area contributed by atoms with Gasteiger partial charge in [-0.1, -0.05) is 34.1 Å². The minimum atomic E-state index is -2.86. The Kier molecular flexibility index (Phi) is 5.42. The van der Waals surface area contributed by atoms with E-state index in [1.165, 1.54) is 12.1 Å². The molecule has 0 saturated heterocycles. The number of methoxy groups -OCH3 is 1. The predicted octanol–water partition coefficient (Wildman–Crippen LogP) is 5.39. The molecule has 0 fully saturated rings. The molecule has 2 nitrogen and oxygen atoms in total. The molecule has 0 aromatic heterocycles. The summed E-state index contributed by atoms with van der Waals surface area (Å²) < 4.78 is 34.8. The molecule has 21 heavy (non-hydrogen) atoms. The van der Waals surface area contributed by atoms with Gasteiger partial charge in [-0.3, -0.25) is 0 Å². The van der Waals surface area contributed by atoms with E-state index < -0.39 is 12.0 Å². The molecule has 0 spiro atoms. The van der Waals surface area contributed by atoms with Crippen LogP contribution in [-0.4, -0.2) is 13.7 Å². The number of benzene rings is 2. The zero-order valence-corrected chi connectivity index (χ0v) is 13.4. The number of halogens is 4. The first kappa shape index (κ1) is 16.0. The number of hydrogen-bond acceptors (Lipinski definition) is 2. The summed E-state index contributed by atoms with van der Waals surface area (Å²) in [5, 5.41) is -0.494. The first-order valence-electron chi connectivity index (χ1n) is 6.03. The highest BCUT2D eigenvalue weighted by molar-refractivity contribution is 9.10. The topological polar surface area (TPSA) is 18.5 Å². The molecule has 6 heteroatoms. The highest BCUT2D eigenvalue weighted by Gasteiger charge is 2.16. The van der Waals surface area contributed by atoms with Crippen LogP contribution in [-0.2, 0) is 0 Å². The number of hydrogen-bond donors (Lipinski definition) is 0. The summed E-state index contributed by atoms with van der Waals surface area (Å²) >= 11 is 9.86. The van der Waals surface area contributed by atoms with Gasteiger partial charge in [0.1, 0.15) is 11.5 Å². The number of rotatable bonds is 5. The maximum Gasteiger partial charge on any atom is 0.387 e. The van der Waals surface area contributed by atoms with Crippen LogP contribution in [0.5, 0.6) is 11.5 Å². The van der Waals surface area contributed by atoms with Gasteiger partial charge >= 0.3 is 6.61 Å². The Morgan fingerprint density at radius 3 is 2.48 bits per heavy atom. The largest absolute Gasteiger partial charge is 0.497 e. The molecular weight excluding hydrogens is 366 g/mol. The lowest BCUT2D eigenvalue weighted by Gasteiger charge is -2.14. The summed E-state index contributed by atoms with van der Waals surface area (Å²) in [5.74, 6) is 0.780. The molecule has 1 unspecified atom stereocenters. The van der Waals surface area contributed by atoms with E-state index in [4.69, 9.17) is 16.3 Å². The van der Waals surface area contributed by atoms with Gasteiger partial charge in [0.15, 0.2) is 0 Å². The molecule has 112 valence electrons. The summed E-state index contributed by atoms with van der Waals surface area (Å²) in [6.07, 6.45) is 0. The van der Waals surface area contributed by atoms with Crippen LogP contribution in [0, 0.1) is 0 Å². The molecule has 0 aliphatic rings. The molecule has 0 radical (unpaired) electrons. The molecule has 0 aliphatic carbocycles. The van der Waals surface area contributed by atoms with Crippen molar-refractivity contribution in [2.45, 2.75) is 12.0 Å². The van der Waals surface area contributed by atoms with Crippen LogP contribution >= 0.6 is 27.5 Å². The van der Waals surface area contributed by atoms with E-state index in [-0.39, 0.29) is 5.75 Å². The molecule has 0 saturated carbocycles. The quantitative estimate of drug-likeness (QED) is 0.651. The summed E-state index contributed by atoms with van der Waals surface area (Å²) in [6.45, 7) is -2.86. The SMILES string of the molecule is COc1ccc(C(Cl)c2cccc(OC(F)F)c2)c(Br)c1. The number of alkyl halides is 3. The molecule has 0 N–H and O–H groups in total. The minimum Gasteiger partial charge on any atom is -0.497 e. The Morgan fingerprint density at radius 2 is 1.86 bits per heavy atom. The fourth-order valence-electron chi connectivity index (χ4n) is 1.87. The van der Waals surface area contributed by atoms with E-state index in [9.17, 15) is 8.78 Å². The van der Waals surface area contributed by atoms with Gasteiger partial charge in [0.2, 0.25) is 0 Å². The smallest absolute Gasteiger partial charge is 0.387 e. The van der Waals surface area contributed by atoms with E-state index >= 15 is 0 Å². The van der Waals surface area contributed by atoms with Gasteiger partial charge in [0.25, 0.3) is 0 Å². The number of ether oxygens (including phenoxy) is 2. The van der Waals surface area contributed by atoms with E-state index in [1.807, 2.05) is 6.07 Å². The van der Waals surface area contributed by atoms with Crippen molar-refractivity contribution in [3.8, 4) is 11.5 Å². The van der Waals surface area contributed by atoms with Crippen molar-refractivity contribution in [1.82, 2.24) is 0 Å². The molecule has 1 atom stereocenters. The zero-order chi connectivity index (χ0) is 15.4. The second kappa shape index (κ2) is 7.09. The standard InChI is InChI=1S/C15H12BrClF2O2/c1-20-10-5-6-12(13(16)8-10)14(17)9-3-2-4-11(7-9)21-15(18)19/h2-8,14-15H,1H3. The molecule has 0 bridgehead atoms. The van der Waals surface area contributed by atoms with Crippen LogP contribution in [0.4, 0.5) is 8.78 Å². The lowest BCUT2D eigenvalue weighted by atomic mass is 10.0. The van der Waals surface area contributed by atoms with Gasteiger partial charge in [-0.05, 0) is 35.4 Å². The Balaban J connectivity index is 2.29. The summed E-state index contributed by atoms with van der Waals surface area (Å²) in [6, 6.07) is 11.7. The van der Waals surface area contributed by atoms with E-state index in [1.54, 1.807) is 31.4 Å². The third-order valence-electron chi connectivity index (χ3n) is 2.86. The fourth-order valence-corrected chi connectivity index (χ4v) is 2.91. The van der Waals surface area contributed by atoms with Crippen LogP contribution in [0.3, 0.4) is 0 Å². The van der Waals surface area contributed by atoms with Gasteiger partial charge in [0.05, 0.1) is 12.5 Å². The lowest BCUT2D eigenvalue weighted by Crippen LogP contribution is -2.03. The molecule has 2 aromatic rings. The predicted molar refractivity (Wildman–Crippen MR) is 81.5 cm³/mol. The normalized spacial score (nSPS) is 12.3. The highest BCUT2D eigenvalue weighted by Crippen LogP contribution is 2.36. The average molecular weight is 378 g/mol. The van der Waals surface area contributed by atoms with Crippen molar-refractivity contribution in [2.75, 3.05) is 7.11 Å². The second-order valence-corrected chi connectivity index (χ2v) is 5.49. The van der Waals surface area contributed by atoms with Gasteiger partial charge < -0.3 is 9.47 Å². The Labute approximate surface area is 134 Å². The highest BCUT2D eigenvalue weighted by atomic mass is 79.9. The third kappa shape index (κ3) is 4.08. The zero-order valence-electron chi connectivity index (χ0n) is 11.0. The fraction of sp³-hybridized carbons (Fsp3) is 0.200. The van der Waals surface area contributed by atoms with Crippen molar-refractivity contribution >= 4 is 27.5 Å². The minimum absolute atomic E-state index is 0.0813. The summed E-state index contributed by atoms with van der Waals surface area (Å²) in [7, 11) is 1.57. The van der Waals surface area contributed by atoms with Crippen molar-refractivity contribution in [3.05, 3.63) is 58.1 Å². The van der Waals surface area contributed by atoms with Crippen molar-refractivity contribution in [1.29, 1.82) is 0 Å². The lowest BCUT2D eigenvalue weighted by molar-refractivity contribution is -0.0498. The Morgan fingerprint density at radius 1 is 1.10 bits per heavy atom. The van der Waals surface area contributed by atoms with Crippen LogP contribution in [0.15, 0.2) is 46.9 Å². The molecule has 2 rings (SSSR count). The van der Waals surface area contributed by atoms with Crippen LogP contribution in [0.1, 0.15) is 16.5 Å². The second-order valence-electron chi connectivity index (χ2n) is 4.20. The van der Waals surface area contributed by atoms with Gasteiger partial charge in [0, 0.05) is 4.47 Å². The molecule has 0 heterocycles. The van der Waals surface area contributed by atoms with Gasteiger partial charge in [-0.25, -0.2) is 0 Å². The van der Waals surface area contributed by atoms with E-state index in [2.05, 4.69) is 20.7 Å².